The number of amides is 1. The topological polar surface area (TPSA) is 66.4 Å². The van der Waals surface area contributed by atoms with E-state index in [0.717, 1.165) is 31.2 Å². The van der Waals surface area contributed by atoms with E-state index in [4.69, 9.17) is 0 Å². The van der Waals surface area contributed by atoms with E-state index in [0.29, 0.717) is 5.69 Å². The number of rotatable bonds is 8. The molecule has 26 heavy (non-hydrogen) atoms. The van der Waals surface area contributed by atoms with E-state index >= 15 is 0 Å². The minimum absolute atomic E-state index is 0.0739. The molecule has 0 atom stereocenters. The summed E-state index contributed by atoms with van der Waals surface area (Å²) in [6, 6.07) is 12.7. The van der Waals surface area contributed by atoms with Crippen molar-refractivity contribution < 1.29 is 14.7 Å². The van der Waals surface area contributed by atoms with E-state index in [-0.39, 0.29) is 11.5 Å². The zero-order valence-corrected chi connectivity index (χ0v) is 15.3. The standard InChI is InChI=1S/C22H25NO3/c1-3-7-16-11-12-17(18(15-16)8-4-2)13-14-21(24)23-20-10-6-5-9-19(20)22(25)26/h5-6,9-15H,3-4,7-8H2,1-2H3,(H,23,24)(H,25,26)/b14-13+. The molecule has 0 saturated carbocycles. The van der Waals surface area contributed by atoms with Crippen molar-refractivity contribution in [3.8, 4) is 0 Å². The van der Waals surface area contributed by atoms with Crippen molar-refractivity contribution in [1.82, 2.24) is 0 Å². The fourth-order valence-corrected chi connectivity index (χ4v) is 2.87. The second kappa shape index (κ2) is 9.56. The molecule has 0 aromatic heterocycles. The van der Waals surface area contributed by atoms with Crippen LogP contribution < -0.4 is 5.32 Å². The maximum absolute atomic E-state index is 12.2. The van der Waals surface area contributed by atoms with Gasteiger partial charge in [-0.3, -0.25) is 4.79 Å². The molecule has 0 spiro atoms. The van der Waals surface area contributed by atoms with Gasteiger partial charge in [0.1, 0.15) is 0 Å². The van der Waals surface area contributed by atoms with E-state index in [1.807, 2.05) is 6.07 Å². The number of hydrogen-bond donors (Lipinski definition) is 2. The molecule has 136 valence electrons. The molecule has 0 bridgehead atoms. The van der Waals surface area contributed by atoms with Crippen LogP contribution in [0.4, 0.5) is 5.69 Å². The molecule has 0 aliphatic carbocycles. The highest BCUT2D eigenvalue weighted by Gasteiger charge is 2.10. The minimum atomic E-state index is -1.07. The number of carbonyl (C=O) groups is 2. The summed E-state index contributed by atoms with van der Waals surface area (Å²) in [5, 5.41) is 11.8. The first-order valence-electron chi connectivity index (χ1n) is 8.98. The molecule has 2 aromatic carbocycles. The summed E-state index contributed by atoms with van der Waals surface area (Å²) >= 11 is 0. The van der Waals surface area contributed by atoms with Crippen LogP contribution in [0, 0.1) is 0 Å². The highest BCUT2D eigenvalue weighted by molar-refractivity contribution is 6.06. The average molecular weight is 351 g/mol. The SMILES string of the molecule is CCCc1ccc(/C=C/C(=O)Nc2ccccc2C(=O)O)c(CCC)c1. The van der Waals surface area contributed by atoms with Crippen molar-refractivity contribution in [3.05, 3.63) is 70.8 Å². The Hall–Kier alpha value is -2.88. The van der Waals surface area contributed by atoms with Gasteiger partial charge in [0.15, 0.2) is 0 Å². The average Bonchev–Trinajstić information content (AvgIpc) is 2.62. The predicted molar refractivity (Wildman–Crippen MR) is 105 cm³/mol. The van der Waals surface area contributed by atoms with Crippen LogP contribution in [0.1, 0.15) is 53.7 Å². The number of aryl methyl sites for hydroxylation is 2. The van der Waals surface area contributed by atoms with Crippen molar-refractivity contribution in [2.75, 3.05) is 5.32 Å². The maximum Gasteiger partial charge on any atom is 0.337 e. The van der Waals surface area contributed by atoms with Crippen molar-refractivity contribution >= 4 is 23.6 Å². The van der Waals surface area contributed by atoms with E-state index in [2.05, 4.69) is 31.3 Å². The van der Waals surface area contributed by atoms with Crippen LogP contribution in [0.3, 0.4) is 0 Å². The maximum atomic E-state index is 12.2. The zero-order valence-electron chi connectivity index (χ0n) is 15.3. The number of anilines is 1. The molecule has 1 amide bonds. The van der Waals surface area contributed by atoms with E-state index < -0.39 is 5.97 Å². The van der Waals surface area contributed by atoms with Crippen molar-refractivity contribution in [2.45, 2.75) is 39.5 Å². The third-order valence-electron chi connectivity index (χ3n) is 4.10. The Morgan fingerprint density at radius 1 is 1.04 bits per heavy atom. The predicted octanol–water partition coefficient (Wildman–Crippen LogP) is 4.94. The van der Waals surface area contributed by atoms with Gasteiger partial charge in [0, 0.05) is 6.08 Å². The summed E-state index contributed by atoms with van der Waals surface area (Å²) in [6.07, 6.45) is 7.39. The van der Waals surface area contributed by atoms with Gasteiger partial charge in [-0.05, 0) is 47.7 Å². The van der Waals surface area contributed by atoms with Gasteiger partial charge in [-0.1, -0.05) is 57.0 Å². The summed E-state index contributed by atoms with van der Waals surface area (Å²) in [5.41, 5.74) is 3.93. The molecular weight excluding hydrogens is 326 g/mol. The summed E-state index contributed by atoms with van der Waals surface area (Å²) < 4.78 is 0. The van der Waals surface area contributed by atoms with Crippen molar-refractivity contribution in [1.29, 1.82) is 0 Å². The molecule has 4 heteroatoms. The first kappa shape index (κ1) is 19.4. The molecule has 0 unspecified atom stereocenters. The third kappa shape index (κ3) is 5.31. The molecule has 0 heterocycles. The lowest BCUT2D eigenvalue weighted by Gasteiger charge is -2.09. The van der Waals surface area contributed by atoms with Gasteiger partial charge in [-0.15, -0.1) is 0 Å². The number of carboxylic acid groups (broad SMARTS) is 1. The van der Waals surface area contributed by atoms with Crippen LogP contribution in [0.5, 0.6) is 0 Å². The second-order valence-electron chi connectivity index (χ2n) is 6.21. The molecule has 2 N–H and O–H groups in total. The van der Waals surface area contributed by atoms with Crippen molar-refractivity contribution in [2.24, 2.45) is 0 Å². The Morgan fingerprint density at radius 3 is 2.46 bits per heavy atom. The number of benzene rings is 2. The van der Waals surface area contributed by atoms with Gasteiger partial charge in [-0.2, -0.15) is 0 Å². The smallest absolute Gasteiger partial charge is 0.337 e. The monoisotopic (exact) mass is 351 g/mol. The van der Waals surface area contributed by atoms with Gasteiger partial charge in [0.05, 0.1) is 11.3 Å². The molecule has 4 nitrogen and oxygen atoms in total. The second-order valence-corrected chi connectivity index (χ2v) is 6.21. The molecule has 2 rings (SSSR count). The molecule has 0 aliphatic heterocycles. The highest BCUT2D eigenvalue weighted by Crippen LogP contribution is 2.18. The highest BCUT2D eigenvalue weighted by atomic mass is 16.4. The quantitative estimate of drug-likeness (QED) is 0.662. The van der Waals surface area contributed by atoms with Crippen LogP contribution >= 0.6 is 0 Å². The Balaban J connectivity index is 2.16. The molecule has 0 aliphatic rings. The molecule has 0 radical (unpaired) electrons. The summed E-state index contributed by atoms with van der Waals surface area (Å²) in [4.78, 5) is 23.4. The first-order chi connectivity index (χ1) is 12.5. The van der Waals surface area contributed by atoms with E-state index in [9.17, 15) is 14.7 Å². The molecular formula is C22H25NO3. The van der Waals surface area contributed by atoms with E-state index in [1.54, 1.807) is 24.3 Å². The van der Waals surface area contributed by atoms with E-state index in [1.165, 1.54) is 23.3 Å². The van der Waals surface area contributed by atoms with Gasteiger partial charge < -0.3 is 10.4 Å². The van der Waals surface area contributed by atoms with Crippen LogP contribution in [0.25, 0.3) is 6.08 Å². The lowest BCUT2D eigenvalue weighted by atomic mass is 9.98. The Morgan fingerprint density at radius 2 is 1.77 bits per heavy atom. The lowest BCUT2D eigenvalue weighted by molar-refractivity contribution is -0.111. The first-order valence-corrected chi connectivity index (χ1v) is 8.98. The number of carbonyl (C=O) groups excluding carboxylic acids is 1. The number of aromatic carboxylic acids is 1. The largest absolute Gasteiger partial charge is 0.478 e. The summed E-state index contributed by atoms with van der Waals surface area (Å²) in [6.45, 7) is 4.29. The fourth-order valence-electron chi connectivity index (χ4n) is 2.87. The number of nitrogens with one attached hydrogen (secondary N) is 1. The van der Waals surface area contributed by atoms with Crippen LogP contribution in [-0.4, -0.2) is 17.0 Å². The Kier molecular flexibility index (Phi) is 7.15. The normalized spacial score (nSPS) is 10.8. The molecule has 2 aromatic rings. The fraction of sp³-hybridized carbons (Fsp3) is 0.273. The van der Waals surface area contributed by atoms with Crippen LogP contribution in [-0.2, 0) is 17.6 Å². The van der Waals surface area contributed by atoms with Gasteiger partial charge in [-0.25, -0.2) is 4.79 Å². The zero-order chi connectivity index (χ0) is 18.9. The Labute approximate surface area is 154 Å². The minimum Gasteiger partial charge on any atom is -0.478 e. The van der Waals surface area contributed by atoms with Crippen LogP contribution in [0.2, 0.25) is 0 Å². The number of para-hydroxylation sites is 1. The Bertz CT molecular complexity index is 809. The van der Waals surface area contributed by atoms with Gasteiger partial charge in [0.2, 0.25) is 5.91 Å². The van der Waals surface area contributed by atoms with Gasteiger partial charge in [0.25, 0.3) is 0 Å². The third-order valence-corrected chi connectivity index (χ3v) is 4.10. The number of carboxylic acids is 1. The summed E-state index contributed by atoms with van der Waals surface area (Å²) in [7, 11) is 0. The van der Waals surface area contributed by atoms with Crippen LogP contribution in [0.15, 0.2) is 48.5 Å². The molecule has 0 fully saturated rings. The summed E-state index contributed by atoms with van der Waals surface area (Å²) in [5.74, 6) is -1.42. The number of hydrogen-bond acceptors (Lipinski definition) is 2. The molecule has 0 saturated heterocycles. The van der Waals surface area contributed by atoms with Gasteiger partial charge >= 0.3 is 5.97 Å². The van der Waals surface area contributed by atoms with Crippen molar-refractivity contribution in [3.63, 3.8) is 0 Å². The lowest BCUT2D eigenvalue weighted by Crippen LogP contribution is -2.11.